The van der Waals surface area contributed by atoms with Gasteiger partial charge in [-0.1, -0.05) is 48.0 Å². The van der Waals surface area contributed by atoms with Crippen LogP contribution in [0.15, 0.2) is 65.8 Å². The number of hydrogen-bond donors (Lipinski definition) is 3. The summed E-state index contributed by atoms with van der Waals surface area (Å²) >= 11 is 0. The molecule has 3 aromatic rings. The van der Waals surface area contributed by atoms with Crippen LogP contribution in [-0.4, -0.2) is 49.1 Å². The van der Waals surface area contributed by atoms with E-state index in [2.05, 4.69) is 14.7 Å². The fourth-order valence-electron chi connectivity index (χ4n) is 4.06. The van der Waals surface area contributed by atoms with Crippen molar-refractivity contribution < 1.29 is 18.4 Å². The largest absolute Gasteiger partial charge is 0.341 e. The number of nitrogens with zero attached hydrogens (tertiary/aromatic N) is 3. The number of hydroxylamine groups is 1. The van der Waals surface area contributed by atoms with Gasteiger partial charge in [0.2, 0.25) is 16.0 Å². The molecule has 0 spiro atoms. The van der Waals surface area contributed by atoms with Gasteiger partial charge in [-0.25, -0.2) is 28.6 Å². The molecule has 1 aliphatic heterocycles. The number of anilines is 1. The summed E-state index contributed by atoms with van der Waals surface area (Å²) in [5, 5.41) is 8.69. The third-order valence-corrected chi connectivity index (χ3v) is 7.45. The van der Waals surface area contributed by atoms with E-state index in [1.165, 1.54) is 12.4 Å². The van der Waals surface area contributed by atoms with E-state index in [1.807, 2.05) is 48.2 Å². The highest BCUT2D eigenvalue weighted by Gasteiger charge is 2.25. The van der Waals surface area contributed by atoms with Crippen LogP contribution < -0.4 is 15.1 Å². The smallest absolute Gasteiger partial charge is 0.277 e. The highest BCUT2D eigenvalue weighted by molar-refractivity contribution is 7.89. The van der Waals surface area contributed by atoms with Gasteiger partial charge in [-0.3, -0.25) is 10.0 Å². The third-order valence-electron chi connectivity index (χ3n) is 5.97. The monoisotopic (exact) mass is 481 g/mol. The average Bonchev–Trinajstić information content (AvgIpc) is 2.87. The minimum Gasteiger partial charge on any atom is -0.341 e. The molecular weight excluding hydrogens is 454 g/mol. The Kier molecular flexibility index (Phi) is 7.20. The van der Waals surface area contributed by atoms with Gasteiger partial charge in [0, 0.05) is 37.6 Å². The van der Waals surface area contributed by atoms with Crippen molar-refractivity contribution in [3.8, 4) is 11.1 Å². The van der Waals surface area contributed by atoms with Crippen molar-refractivity contribution in [1.29, 1.82) is 0 Å². The number of aromatic nitrogens is 2. The van der Waals surface area contributed by atoms with Crippen molar-refractivity contribution in [2.24, 2.45) is 5.92 Å². The van der Waals surface area contributed by atoms with Crippen molar-refractivity contribution in [3.05, 3.63) is 72.1 Å². The molecule has 1 saturated heterocycles. The van der Waals surface area contributed by atoms with Crippen LogP contribution in [0.5, 0.6) is 0 Å². The summed E-state index contributed by atoms with van der Waals surface area (Å²) < 4.78 is 29.1. The fourth-order valence-corrected chi connectivity index (χ4v) is 5.40. The van der Waals surface area contributed by atoms with Crippen LogP contribution in [0, 0.1) is 12.8 Å². The van der Waals surface area contributed by atoms with Gasteiger partial charge in [0.05, 0.1) is 10.5 Å². The highest BCUT2D eigenvalue weighted by Crippen LogP contribution is 2.28. The maximum atomic E-state index is 13.2. The lowest BCUT2D eigenvalue weighted by atomic mass is 9.97. The fraction of sp³-hybridized carbons (Fsp3) is 0.292. The normalized spacial score (nSPS) is 14.7. The molecular formula is C24H27N5O4S. The Balaban J connectivity index is 1.37. The first-order valence-corrected chi connectivity index (χ1v) is 12.5. The zero-order valence-corrected chi connectivity index (χ0v) is 19.6. The number of carbonyl (C=O) groups is 1. The summed E-state index contributed by atoms with van der Waals surface area (Å²) in [7, 11) is -3.68. The molecule has 2 aromatic carbocycles. The lowest BCUT2D eigenvalue weighted by Crippen LogP contribution is -2.39. The van der Waals surface area contributed by atoms with Crippen molar-refractivity contribution in [1.82, 2.24) is 20.2 Å². The van der Waals surface area contributed by atoms with Crippen LogP contribution in [0.2, 0.25) is 0 Å². The molecule has 3 N–H and O–H groups in total. The van der Waals surface area contributed by atoms with Crippen molar-refractivity contribution in [2.45, 2.75) is 24.7 Å². The molecule has 0 saturated carbocycles. The SMILES string of the molecule is Cc1cccc(-c2ccccc2S(=O)(=O)NCC2CCN(c3ncc(C(=O)NO)cn3)CC2)c1. The Hall–Kier alpha value is -3.34. The summed E-state index contributed by atoms with van der Waals surface area (Å²) in [6.45, 7) is 3.70. The summed E-state index contributed by atoms with van der Waals surface area (Å²) in [4.78, 5) is 22.1. The molecule has 0 bridgehead atoms. The lowest BCUT2D eigenvalue weighted by Gasteiger charge is -2.32. The molecule has 1 aromatic heterocycles. The molecule has 0 radical (unpaired) electrons. The third kappa shape index (κ3) is 5.41. The molecule has 2 heterocycles. The Labute approximate surface area is 198 Å². The second kappa shape index (κ2) is 10.3. The van der Waals surface area contributed by atoms with E-state index >= 15 is 0 Å². The number of aryl methyl sites for hydroxylation is 1. The first-order valence-electron chi connectivity index (χ1n) is 11.0. The number of amides is 1. The van der Waals surface area contributed by atoms with Gasteiger partial charge in [0.15, 0.2) is 0 Å². The van der Waals surface area contributed by atoms with Gasteiger partial charge in [0.1, 0.15) is 0 Å². The molecule has 0 aliphatic carbocycles. The zero-order chi connectivity index (χ0) is 24.1. The van der Waals surface area contributed by atoms with E-state index in [0.29, 0.717) is 31.1 Å². The van der Waals surface area contributed by atoms with Crippen LogP contribution in [0.25, 0.3) is 11.1 Å². The van der Waals surface area contributed by atoms with Gasteiger partial charge < -0.3 is 4.90 Å². The summed E-state index contributed by atoms with van der Waals surface area (Å²) in [5.41, 5.74) is 4.34. The molecule has 0 atom stereocenters. The number of rotatable bonds is 7. The first kappa shape index (κ1) is 23.8. The predicted octanol–water partition coefficient (Wildman–Crippen LogP) is 2.77. The van der Waals surface area contributed by atoms with Gasteiger partial charge in [-0.2, -0.15) is 0 Å². The van der Waals surface area contributed by atoms with E-state index < -0.39 is 15.9 Å². The zero-order valence-electron chi connectivity index (χ0n) is 18.8. The number of nitrogens with one attached hydrogen (secondary N) is 2. The summed E-state index contributed by atoms with van der Waals surface area (Å²) in [5.74, 6) is 0.0266. The van der Waals surface area contributed by atoms with E-state index in [4.69, 9.17) is 5.21 Å². The molecule has 1 aliphatic rings. The van der Waals surface area contributed by atoms with Crippen molar-refractivity contribution >= 4 is 21.9 Å². The standard InChI is InChI=1S/C24H27N5O4S/c1-17-5-4-6-19(13-17)21-7-2-3-8-22(21)34(32,33)27-14-18-9-11-29(12-10-18)24-25-15-20(16-26-24)23(30)28-31/h2-8,13,15-16,18,27,31H,9-12,14H2,1H3,(H,28,30). The van der Waals surface area contributed by atoms with Crippen molar-refractivity contribution in [3.63, 3.8) is 0 Å². The second-order valence-corrected chi connectivity index (χ2v) is 10.1. The lowest BCUT2D eigenvalue weighted by molar-refractivity contribution is 0.0705. The maximum absolute atomic E-state index is 13.2. The minimum absolute atomic E-state index is 0.168. The van der Waals surface area contributed by atoms with Crippen molar-refractivity contribution in [2.75, 3.05) is 24.5 Å². The first-order chi connectivity index (χ1) is 16.4. The molecule has 1 amide bonds. The Morgan fingerprint density at radius 3 is 2.47 bits per heavy atom. The Bertz CT molecular complexity index is 1260. The van der Waals surface area contributed by atoms with Crippen LogP contribution in [0.3, 0.4) is 0 Å². The molecule has 34 heavy (non-hydrogen) atoms. The number of hydrogen-bond acceptors (Lipinski definition) is 7. The number of piperidine rings is 1. The predicted molar refractivity (Wildman–Crippen MR) is 128 cm³/mol. The van der Waals surface area contributed by atoms with E-state index in [9.17, 15) is 13.2 Å². The van der Waals surface area contributed by atoms with Crippen LogP contribution >= 0.6 is 0 Å². The molecule has 10 heteroatoms. The summed E-state index contributed by atoms with van der Waals surface area (Å²) in [6.07, 6.45) is 4.29. The highest BCUT2D eigenvalue weighted by atomic mass is 32.2. The van der Waals surface area contributed by atoms with E-state index in [0.717, 1.165) is 24.0 Å². The van der Waals surface area contributed by atoms with Gasteiger partial charge in [0.25, 0.3) is 5.91 Å². The van der Waals surface area contributed by atoms with Crippen LogP contribution in [-0.2, 0) is 10.0 Å². The van der Waals surface area contributed by atoms with Gasteiger partial charge in [-0.05, 0) is 37.3 Å². The quantitative estimate of drug-likeness (QED) is 0.350. The molecule has 9 nitrogen and oxygen atoms in total. The van der Waals surface area contributed by atoms with E-state index in [1.54, 1.807) is 17.6 Å². The summed E-state index contributed by atoms with van der Waals surface area (Å²) in [6, 6.07) is 14.9. The Morgan fingerprint density at radius 2 is 1.79 bits per heavy atom. The molecule has 178 valence electrons. The maximum Gasteiger partial charge on any atom is 0.277 e. The molecule has 4 rings (SSSR count). The Morgan fingerprint density at radius 1 is 1.09 bits per heavy atom. The topological polar surface area (TPSA) is 125 Å². The van der Waals surface area contributed by atoms with Crippen LogP contribution in [0.4, 0.5) is 5.95 Å². The van der Waals surface area contributed by atoms with Crippen LogP contribution in [0.1, 0.15) is 28.8 Å². The van der Waals surface area contributed by atoms with E-state index in [-0.39, 0.29) is 16.4 Å². The number of sulfonamides is 1. The molecule has 0 unspecified atom stereocenters. The average molecular weight is 482 g/mol. The van der Waals surface area contributed by atoms with Gasteiger partial charge >= 0.3 is 0 Å². The minimum atomic E-state index is -3.68. The number of benzene rings is 2. The molecule has 1 fully saturated rings. The van der Waals surface area contributed by atoms with Gasteiger partial charge in [-0.15, -0.1) is 0 Å². The number of carbonyl (C=O) groups excluding carboxylic acids is 1. The second-order valence-electron chi connectivity index (χ2n) is 8.36.